The van der Waals surface area contributed by atoms with E-state index in [1.54, 1.807) is 0 Å². The summed E-state index contributed by atoms with van der Waals surface area (Å²) in [4.78, 5) is 42.9. The molecule has 40 heavy (non-hydrogen) atoms. The van der Waals surface area contributed by atoms with Crippen LogP contribution in [0.1, 0.15) is 11.8 Å². The number of rotatable bonds is 10. The second-order valence-corrected chi connectivity index (χ2v) is 15.1. The number of aliphatic hydroxyl groups excluding tert-OH is 2. The first kappa shape index (κ1) is 32.4. The van der Waals surface area contributed by atoms with E-state index in [1.807, 2.05) is 0 Å². The second kappa shape index (κ2) is 10.3. The van der Waals surface area contributed by atoms with Gasteiger partial charge >= 0.3 is 31.1 Å². The maximum Gasteiger partial charge on any atom is 0.340 e. The average molecular weight is 647 g/mol. The molecule has 1 unspecified atom stereocenters. The van der Waals surface area contributed by atoms with Crippen LogP contribution in [0.2, 0.25) is 0 Å². The number of hydrogen-bond acceptors (Lipinski definition) is 9. The molecule has 0 aliphatic carbocycles. The Balaban J connectivity index is 1.70. The van der Waals surface area contributed by atoms with E-state index in [2.05, 4.69) is 9.68 Å². The molecule has 0 saturated carbocycles. The third-order valence-electron chi connectivity index (χ3n) is 5.41. The summed E-state index contributed by atoms with van der Waals surface area (Å²) in [6, 6.07) is 3.14. The fraction of sp³-hybridized carbons (Fsp3) is 0.444. The summed E-state index contributed by atoms with van der Waals surface area (Å²) < 4.78 is 98.5. The molecule has 0 amide bonds. The number of benzene rings is 1. The molecule has 14 nitrogen and oxygen atoms in total. The lowest BCUT2D eigenvalue weighted by molar-refractivity contribution is -0.0530. The molecule has 1 aromatic carbocycles. The molecule has 5 N–H and O–H groups in total. The summed E-state index contributed by atoms with van der Waals surface area (Å²) in [5.41, 5.74) is -0.947. The number of halogens is 5. The predicted octanol–water partition coefficient (Wildman–Crippen LogP) is 1.83. The van der Waals surface area contributed by atoms with Crippen molar-refractivity contribution in [3.05, 3.63) is 58.1 Å². The van der Waals surface area contributed by atoms with Gasteiger partial charge in [-0.25, -0.2) is 4.79 Å². The van der Waals surface area contributed by atoms with Crippen molar-refractivity contribution < 1.29 is 67.6 Å². The minimum absolute atomic E-state index is 0.0586. The SMILES string of the molecule is Cn1c(=NOCc2ccc(S(F)(F)(F)(F)F)cc2)ccn([C@@H]2O[C@H](COP(=O)(O)CP(=O)(O)O)[C@@H](O)[C@H]2O)c1=O. The summed E-state index contributed by atoms with van der Waals surface area (Å²) in [7, 11) is -18.3. The molecule has 22 heteroatoms. The van der Waals surface area contributed by atoms with Crippen molar-refractivity contribution in [2.45, 2.75) is 36.0 Å². The average Bonchev–Trinajstić information content (AvgIpc) is 3.06. The lowest BCUT2D eigenvalue weighted by Crippen LogP contribution is -2.42. The first-order valence-corrected chi connectivity index (χ1v) is 16.3. The molecule has 1 aliphatic rings. The molecule has 0 bridgehead atoms. The zero-order valence-electron chi connectivity index (χ0n) is 20.1. The van der Waals surface area contributed by atoms with Crippen LogP contribution < -0.4 is 11.2 Å². The first-order chi connectivity index (χ1) is 18.0. The third-order valence-corrected chi connectivity index (χ3v) is 10.0. The molecule has 2 heterocycles. The van der Waals surface area contributed by atoms with Crippen molar-refractivity contribution in [2.75, 3.05) is 12.5 Å². The second-order valence-electron chi connectivity index (χ2n) is 8.69. The van der Waals surface area contributed by atoms with Gasteiger partial charge in [0.05, 0.1) is 6.61 Å². The Kier molecular flexibility index (Phi) is 8.35. The smallest absolute Gasteiger partial charge is 0.340 e. The Morgan fingerprint density at radius 3 is 2.17 bits per heavy atom. The van der Waals surface area contributed by atoms with Gasteiger partial charge in [0.15, 0.2) is 17.6 Å². The van der Waals surface area contributed by atoms with E-state index in [-0.39, 0.29) is 23.2 Å². The van der Waals surface area contributed by atoms with Crippen molar-refractivity contribution in [1.82, 2.24) is 9.13 Å². The predicted molar refractivity (Wildman–Crippen MR) is 126 cm³/mol. The summed E-state index contributed by atoms with van der Waals surface area (Å²) >= 11 is 0. The Morgan fingerprint density at radius 1 is 1.02 bits per heavy atom. The first-order valence-electron chi connectivity index (χ1n) is 10.8. The van der Waals surface area contributed by atoms with Crippen LogP contribution in [-0.4, -0.2) is 64.8 Å². The zero-order valence-corrected chi connectivity index (χ0v) is 22.7. The van der Waals surface area contributed by atoms with E-state index in [1.165, 1.54) is 13.1 Å². The molecule has 5 atom stereocenters. The quantitative estimate of drug-likeness (QED) is 0.143. The molecule has 0 spiro atoms. The fourth-order valence-corrected chi connectivity index (χ4v) is 6.67. The van der Waals surface area contributed by atoms with Gasteiger partial charge < -0.3 is 39.0 Å². The molecule has 3 rings (SSSR count). The van der Waals surface area contributed by atoms with E-state index < -0.39 is 79.7 Å². The number of nitrogens with zero attached hydrogens (tertiary/aromatic N) is 3. The summed E-state index contributed by atoms with van der Waals surface area (Å²) in [5, 5.41) is 24.2. The Bertz CT molecular complexity index is 1480. The van der Waals surface area contributed by atoms with Gasteiger partial charge in [-0.05, 0) is 17.7 Å². The largest absolute Gasteiger partial charge is 0.389 e. The van der Waals surface area contributed by atoms with Gasteiger partial charge in [-0.2, -0.15) is 0 Å². The van der Waals surface area contributed by atoms with E-state index in [0.29, 0.717) is 0 Å². The highest BCUT2D eigenvalue weighted by Crippen LogP contribution is 3.02. The topological polar surface area (TPSA) is 202 Å². The van der Waals surface area contributed by atoms with Gasteiger partial charge in [0.25, 0.3) is 0 Å². The molecule has 228 valence electrons. The third kappa shape index (κ3) is 8.22. The van der Waals surface area contributed by atoms with Gasteiger partial charge in [0, 0.05) is 19.3 Å². The number of ether oxygens (including phenoxy) is 1. The standard InChI is InChI=1S/C18H24F5N3O11P2S/c1-25-14(24-35-8-11-2-4-12(5-3-11)40(19,20,21,22)23)6-7-26(18(25)29)17-16(28)15(27)13(37-17)9-36-39(33,34)10-38(30,31)32/h2-7,13,15-17,27-28H,8-10H2,1H3,(H,33,34)(H2,30,31,32)/t13-,15-,16-,17-/m1/s1. The number of hydrogen-bond donors (Lipinski definition) is 5. The van der Waals surface area contributed by atoms with Crippen molar-refractivity contribution in [1.29, 1.82) is 0 Å². The number of aromatic nitrogens is 2. The monoisotopic (exact) mass is 647 g/mol. The van der Waals surface area contributed by atoms with Crippen molar-refractivity contribution >= 4 is 25.4 Å². The van der Waals surface area contributed by atoms with Gasteiger partial charge in [-0.3, -0.25) is 18.3 Å². The lowest BCUT2D eigenvalue weighted by atomic mass is 10.1. The molecule has 0 radical (unpaired) electrons. The van der Waals surface area contributed by atoms with Crippen LogP contribution in [0.4, 0.5) is 19.4 Å². The maximum absolute atomic E-state index is 12.8. The molecule has 1 saturated heterocycles. The summed E-state index contributed by atoms with van der Waals surface area (Å²) in [5.74, 6) is -1.49. The fourth-order valence-electron chi connectivity index (χ4n) is 3.46. The molecule has 2 aromatic rings. The minimum atomic E-state index is -9.82. The summed E-state index contributed by atoms with van der Waals surface area (Å²) in [6.45, 7) is -1.31. The van der Waals surface area contributed by atoms with Crippen LogP contribution in [0.3, 0.4) is 0 Å². The molecular formula is C18H24F5N3O11P2S. The highest BCUT2D eigenvalue weighted by Gasteiger charge is 2.65. The van der Waals surface area contributed by atoms with E-state index >= 15 is 0 Å². The number of aliphatic hydroxyl groups is 2. The van der Waals surface area contributed by atoms with Gasteiger partial charge in [-0.1, -0.05) is 36.7 Å². The van der Waals surface area contributed by atoms with Crippen LogP contribution in [0.15, 0.2) is 51.4 Å². The van der Waals surface area contributed by atoms with Crippen LogP contribution >= 0.6 is 25.4 Å². The summed E-state index contributed by atoms with van der Waals surface area (Å²) in [6.07, 6.45) is -5.43. The highest BCUT2D eigenvalue weighted by molar-refractivity contribution is 8.45. The Hall–Kier alpha value is -2.12. The van der Waals surface area contributed by atoms with Crippen molar-refractivity contribution in [3.63, 3.8) is 0 Å². The minimum Gasteiger partial charge on any atom is -0.389 e. The van der Waals surface area contributed by atoms with Crippen molar-refractivity contribution in [3.8, 4) is 0 Å². The lowest BCUT2D eigenvalue weighted by Gasteiger charge is -2.40. The molecule has 1 aromatic heterocycles. The molecule has 1 aliphatic heterocycles. The van der Waals surface area contributed by atoms with Crippen molar-refractivity contribution in [2.24, 2.45) is 12.2 Å². The normalized spacial score (nSPS) is 25.7. The molecule has 1 fully saturated rings. The van der Waals surface area contributed by atoms with Crippen LogP contribution in [0.25, 0.3) is 0 Å². The van der Waals surface area contributed by atoms with E-state index in [4.69, 9.17) is 19.4 Å². The van der Waals surface area contributed by atoms with Gasteiger partial charge in [0.1, 0.15) is 29.8 Å². The zero-order chi connectivity index (χ0) is 30.4. The van der Waals surface area contributed by atoms with Gasteiger partial charge in [-0.15, -0.1) is 0 Å². The molecular weight excluding hydrogens is 623 g/mol. The van der Waals surface area contributed by atoms with Crippen LogP contribution in [0.5, 0.6) is 0 Å². The van der Waals surface area contributed by atoms with Crippen LogP contribution in [-0.2, 0) is 36.9 Å². The van der Waals surface area contributed by atoms with Gasteiger partial charge in [0.2, 0.25) is 0 Å². The Morgan fingerprint density at radius 2 is 1.62 bits per heavy atom. The van der Waals surface area contributed by atoms with E-state index in [9.17, 15) is 48.5 Å². The Labute approximate surface area is 221 Å². The highest BCUT2D eigenvalue weighted by atomic mass is 32.5. The van der Waals surface area contributed by atoms with Crippen LogP contribution in [0, 0.1) is 0 Å². The maximum atomic E-state index is 12.8. The van der Waals surface area contributed by atoms with E-state index in [0.717, 1.165) is 27.5 Å².